The number of hydrogen-bond donors (Lipinski definition) is 1. The molecule has 0 amide bonds. The highest BCUT2D eigenvalue weighted by Crippen LogP contribution is 2.16. The van der Waals surface area contributed by atoms with Crippen LogP contribution in [0.15, 0.2) is 29.4 Å². The van der Waals surface area contributed by atoms with E-state index in [0.717, 1.165) is 17.1 Å². The minimum absolute atomic E-state index is 0.828. The van der Waals surface area contributed by atoms with E-state index >= 15 is 0 Å². The summed E-state index contributed by atoms with van der Waals surface area (Å²) in [5.41, 5.74) is 4.85. The number of rotatable bonds is 3. The van der Waals surface area contributed by atoms with Crippen LogP contribution >= 0.6 is 0 Å². The zero-order valence-corrected chi connectivity index (χ0v) is 8.16. The number of nitrogens with one attached hydrogen (secondary N) is 1. The van der Waals surface area contributed by atoms with E-state index in [9.17, 15) is 0 Å². The third-order valence-electron chi connectivity index (χ3n) is 1.48. The smallest absolute Gasteiger partial charge is 0.120 e. The van der Waals surface area contributed by atoms with Crippen LogP contribution in [0.3, 0.4) is 0 Å². The second kappa shape index (κ2) is 4.50. The van der Waals surface area contributed by atoms with Gasteiger partial charge in [-0.3, -0.25) is 5.43 Å². The number of benzene rings is 1. The van der Waals surface area contributed by atoms with Crippen LogP contribution < -0.4 is 10.2 Å². The number of hydrogen-bond acceptors (Lipinski definition) is 3. The van der Waals surface area contributed by atoms with E-state index in [1.54, 1.807) is 7.11 Å². The SMILES string of the molecule is COc1cccc(NN=C(C)C)c1. The van der Waals surface area contributed by atoms with Crippen molar-refractivity contribution in [3.05, 3.63) is 24.3 Å². The van der Waals surface area contributed by atoms with E-state index in [1.807, 2.05) is 38.1 Å². The molecule has 0 heterocycles. The van der Waals surface area contributed by atoms with Gasteiger partial charge < -0.3 is 4.74 Å². The number of methoxy groups -OCH3 is 1. The molecule has 0 fully saturated rings. The highest BCUT2D eigenvalue weighted by Gasteiger charge is 1.92. The van der Waals surface area contributed by atoms with Gasteiger partial charge in [-0.15, -0.1) is 0 Å². The lowest BCUT2D eigenvalue weighted by Gasteiger charge is -2.03. The predicted octanol–water partition coefficient (Wildman–Crippen LogP) is 2.50. The molecule has 3 nitrogen and oxygen atoms in total. The van der Waals surface area contributed by atoms with Crippen molar-refractivity contribution in [3.8, 4) is 5.75 Å². The average molecular weight is 178 g/mol. The minimum atomic E-state index is 0.828. The fraction of sp³-hybridized carbons (Fsp3) is 0.300. The molecule has 0 bridgehead atoms. The minimum Gasteiger partial charge on any atom is -0.497 e. The van der Waals surface area contributed by atoms with Crippen LogP contribution in [0.4, 0.5) is 5.69 Å². The summed E-state index contributed by atoms with van der Waals surface area (Å²) in [7, 11) is 1.65. The largest absolute Gasteiger partial charge is 0.497 e. The summed E-state index contributed by atoms with van der Waals surface area (Å²) in [5, 5.41) is 4.08. The Morgan fingerprint density at radius 3 is 2.77 bits per heavy atom. The Kier molecular flexibility index (Phi) is 3.31. The molecule has 0 aliphatic rings. The third kappa shape index (κ3) is 3.15. The van der Waals surface area contributed by atoms with Crippen molar-refractivity contribution in [3.63, 3.8) is 0 Å². The number of anilines is 1. The third-order valence-corrected chi connectivity index (χ3v) is 1.48. The maximum atomic E-state index is 5.07. The van der Waals surface area contributed by atoms with Crippen LogP contribution in [-0.2, 0) is 0 Å². The van der Waals surface area contributed by atoms with Gasteiger partial charge >= 0.3 is 0 Å². The molecule has 70 valence electrons. The van der Waals surface area contributed by atoms with Gasteiger partial charge in [0.2, 0.25) is 0 Å². The molecule has 0 aliphatic carbocycles. The summed E-state index contributed by atoms with van der Waals surface area (Å²) in [5.74, 6) is 0.828. The lowest BCUT2D eigenvalue weighted by atomic mass is 10.3. The lowest BCUT2D eigenvalue weighted by molar-refractivity contribution is 0.415. The van der Waals surface area contributed by atoms with Crippen molar-refractivity contribution in [1.82, 2.24) is 0 Å². The molecule has 1 aromatic rings. The standard InChI is InChI=1S/C10H14N2O/c1-8(2)11-12-9-5-4-6-10(7-9)13-3/h4-7,12H,1-3H3. The molecule has 1 aromatic carbocycles. The van der Waals surface area contributed by atoms with Gasteiger partial charge in [-0.25, -0.2) is 0 Å². The average Bonchev–Trinajstić information content (AvgIpc) is 2.15. The molecule has 0 saturated heterocycles. The van der Waals surface area contributed by atoms with Crippen molar-refractivity contribution in [1.29, 1.82) is 0 Å². The van der Waals surface area contributed by atoms with Gasteiger partial charge in [-0.1, -0.05) is 6.07 Å². The summed E-state index contributed by atoms with van der Waals surface area (Å²) in [6, 6.07) is 7.65. The Bertz CT molecular complexity index is 304. The number of nitrogens with zero attached hydrogens (tertiary/aromatic N) is 1. The molecule has 0 atom stereocenters. The van der Waals surface area contributed by atoms with Crippen LogP contribution in [0.1, 0.15) is 13.8 Å². The first kappa shape index (κ1) is 9.58. The van der Waals surface area contributed by atoms with Gasteiger partial charge in [0, 0.05) is 11.8 Å². The first-order chi connectivity index (χ1) is 6.22. The first-order valence-corrected chi connectivity index (χ1v) is 4.13. The molecule has 0 saturated carbocycles. The molecule has 0 spiro atoms. The summed E-state index contributed by atoms with van der Waals surface area (Å²) in [6.45, 7) is 3.88. The second-order valence-electron chi connectivity index (χ2n) is 2.90. The first-order valence-electron chi connectivity index (χ1n) is 4.13. The maximum Gasteiger partial charge on any atom is 0.120 e. The van der Waals surface area contributed by atoms with E-state index in [-0.39, 0.29) is 0 Å². The topological polar surface area (TPSA) is 33.6 Å². The van der Waals surface area contributed by atoms with Gasteiger partial charge in [0.1, 0.15) is 5.75 Å². The van der Waals surface area contributed by atoms with Gasteiger partial charge in [-0.2, -0.15) is 5.10 Å². The molecule has 1 N–H and O–H groups in total. The number of hydrazone groups is 1. The van der Waals surface area contributed by atoms with Crippen LogP contribution in [0.2, 0.25) is 0 Å². The van der Waals surface area contributed by atoms with Crippen molar-refractivity contribution in [2.75, 3.05) is 12.5 Å². The Morgan fingerprint density at radius 2 is 2.15 bits per heavy atom. The molecule has 0 radical (unpaired) electrons. The van der Waals surface area contributed by atoms with Gasteiger partial charge in [0.25, 0.3) is 0 Å². The molecular formula is C10H14N2O. The van der Waals surface area contributed by atoms with E-state index in [4.69, 9.17) is 4.74 Å². The Balaban J connectivity index is 2.72. The van der Waals surface area contributed by atoms with E-state index in [1.165, 1.54) is 0 Å². The highest BCUT2D eigenvalue weighted by atomic mass is 16.5. The van der Waals surface area contributed by atoms with Crippen molar-refractivity contribution in [2.24, 2.45) is 5.10 Å². The summed E-state index contributed by atoms with van der Waals surface area (Å²) < 4.78 is 5.07. The van der Waals surface area contributed by atoms with Gasteiger partial charge in [-0.05, 0) is 26.0 Å². The molecule has 1 rings (SSSR count). The fourth-order valence-corrected chi connectivity index (χ4v) is 0.869. The molecule has 0 aromatic heterocycles. The zero-order valence-electron chi connectivity index (χ0n) is 8.16. The molecule has 0 unspecified atom stereocenters. The molecule has 3 heteroatoms. The van der Waals surface area contributed by atoms with Crippen LogP contribution in [0.25, 0.3) is 0 Å². The normalized spacial score (nSPS) is 9.15. The molecule has 0 aliphatic heterocycles. The van der Waals surface area contributed by atoms with Crippen molar-refractivity contribution in [2.45, 2.75) is 13.8 Å². The Hall–Kier alpha value is -1.51. The van der Waals surface area contributed by atoms with Crippen molar-refractivity contribution < 1.29 is 4.74 Å². The lowest BCUT2D eigenvalue weighted by Crippen LogP contribution is -1.93. The molecular weight excluding hydrogens is 164 g/mol. The Labute approximate surface area is 78.4 Å². The molecule has 13 heavy (non-hydrogen) atoms. The van der Waals surface area contributed by atoms with Gasteiger partial charge in [0.15, 0.2) is 0 Å². The fourth-order valence-electron chi connectivity index (χ4n) is 0.869. The summed E-state index contributed by atoms with van der Waals surface area (Å²) >= 11 is 0. The van der Waals surface area contributed by atoms with E-state index < -0.39 is 0 Å². The van der Waals surface area contributed by atoms with Gasteiger partial charge in [0.05, 0.1) is 12.8 Å². The van der Waals surface area contributed by atoms with Crippen molar-refractivity contribution >= 4 is 11.4 Å². The highest BCUT2D eigenvalue weighted by molar-refractivity contribution is 5.79. The Morgan fingerprint density at radius 1 is 1.38 bits per heavy atom. The summed E-state index contributed by atoms with van der Waals surface area (Å²) in [4.78, 5) is 0. The van der Waals surface area contributed by atoms with E-state index in [2.05, 4.69) is 10.5 Å². The van der Waals surface area contributed by atoms with Crippen LogP contribution in [0, 0.1) is 0 Å². The van der Waals surface area contributed by atoms with E-state index in [0.29, 0.717) is 0 Å². The quantitative estimate of drug-likeness (QED) is 0.570. The van der Waals surface area contributed by atoms with Crippen LogP contribution in [0.5, 0.6) is 5.75 Å². The van der Waals surface area contributed by atoms with Crippen LogP contribution in [-0.4, -0.2) is 12.8 Å². The zero-order chi connectivity index (χ0) is 9.68. The monoisotopic (exact) mass is 178 g/mol. The summed E-state index contributed by atoms with van der Waals surface area (Å²) in [6.07, 6.45) is 0. The predicted molar refractivity (Wildman–Crippen MR) is 55.4 cm³/mol. The second-order valence-corrected chi connectivity index (χ2v) is 2.90. The number of ether oxygens (including phenoxy) is 1. The maximum absolute atomic E-state index is 5.07.